The molecule has 2 amide bonds. The van der Waals surface area contributed by atoms with Crippen molar-refractivity contribution in [2.24, 2.45) is 0 Å². The summed E-state index contributed by atoms with van der Waals surface area (Å²) in [6.45, 7) is 0.955. The Morgan fingerprint density at radius 1 is 1.38 bits per heavy atom. The lowest BCUT2D eigenvalue weighted by Crippen LogP contribution is -2.50. The summed E-state index contributed by atoms with van der Waals surface area (Å²) in [5.74, 6) is 0.854. The number of nitrogens with one attached hydrogen (secondary N) is 2. The summed E-state index contributed by atoms with van der Waals surface area (Å²) < 4.78 is 5.18. The highest BCUT2D eigenvalue weighted by atomic mass is 16.5. The first-order chi connectivity index (χ1) is 10.1. The molecule has 0 unspecified atom stereocenters. The van der Waals surface area contributed by atoms with Crippen LogP contribution in [0.3, 0.4) is 0 Å². The van der Waals surface area contributed by atoms with Crippen molar-refractivity contribution in [2.45, 2.75) is 37.7 Å². The van der Waals surface area contributed by atoms with E-state index in [9.17, 15) is 9.90 Å². The van der Waals surface area contributed by atoms with Gasteiger partial charge in [0.1, 0.15) is 5.75 Å². The summed E-state index contributed by atoms with van der Waals surface area (Å²) >= 11 is 0. The van der Waals surface area contributed by atoms with E-state index in [0.717, 1.165) is 37.9 Å². The van der Waals surface area contributed by atoms with Crippen LogP contribution in [0, 0.1) is 0 Å². The lowest BCUT2D eigenvalue weighted by molar-refractivity contribution is -0.0290. The quantitative estimate of drug-likeness (QED) is 0.672. The van der Waals surface area contributed by atoms with Crippen LogP contribution in [-0.4, -0.2) is 36.9 Å². The van der Waals surface area contributed by atoms with Crippen LogP contribution in [0.5, 0.6) is 5.75 Å². The molecule has 0 bridgehead atoms. The van der Waals surface area contributed by atoms with Crippen molar-refractivity contribution < 1.29 is 14.6 Å². The number of amides is 2. The number of carbonyl (C=O) groups excluding carboxylic acids is 1. The van der Waals surface area contributed by atoms with E-state index in [4.69, 9.17) is 4.74 Å². The highest BCUT2D eigenvalue weighted by Gasteiger charge is 2.34. The van der Waals surface area contributed by atoms with Gasteiger partial charge in [0.25, 0.3) is 0 Å². The predicted molar refractivity (Wildman–Crippen MR) is 81.5 cm³/mol. The molecule has 0 radical (unpaired) electrons. The van der Waals surface area contributed by atoms with Crippen molar-refractivity contribution in [2.75, 3.05) is 20.2 Å². The maximum Gasteiger partial charge on any atom is 0.314 e. The number of urea groups is 1. The van der Waals surface area contributed by atoms with Gasteiger partial charge in [-0.05, 0) is 49.8 Å². The van der Waals surface area contributed by atoms with E-state index in [1.165, 1.54) is 5.56 Å². The molecule has 0 saturated heterocycles. The lowest BCUT2D eigenvalue weighted by Gasteiger charge is -2.36. The smallest absolute Gasteiger partial charge is 0.314 e. The van der Waals surface area contributed by atoms with Gasteiger partial charge in [0.2, 0.25) is 0 Å². The molecule has 0 heterocycles. The van der Waals surface area contributed by atoms with Gasteiger partial charge in [-0.3, -0.25) is 0 Å². The number of hydrogen-bond acceptors (Lipinski definition) is 3. The van der Waals surface area contributed by atoms with Crippen LogP contribution in [0.1, 0.15) is 31.2 Å². The molecular formula is C16H24N2O3. The van der Waals surface area contributed by atoms with Gasteiger partial charge in [0.05, 0.1) is 12.7 Å². The first kappa shape index (κ1) is 15.6. The number of rotatable bonds is 7. The second-order valence-electron chi connectivity index (χ2n) is 5.64. The third-order valence-corrected chi connectivity index (χ3v) is 3.92. The minimum absolute atomic E-state index is 0.207. The third-order valence-electron chi connectivity index (χ3n) is 3.92. The number of aliphatic hydroxyl groups is 1. The SMILES string of the molecule is COc1cccc(CCCNC(=O)NCC2(O)CCC2)c1. The van der Waals surface area contributed by atoms with E-state index < -0.39 is 5.60 Å². The van der Waals surface area contributed by atoms with Crippen LogP contribution in [-0.2, 0) is 6.42 Å². The zero-order chi connectivity index (χ0) is 15.1. The van der Waals surface area contributed by atoms with Gasteiger partial charge >= 0.3 is 6.03 Å². The van der Waals surface area contributed by atoms with Crippen LogP contribution >= 0.6 is 0 Å². The monoisotopic (exact) mass is 292 g/mol. The summed E-state index contributed by atoms with van der Waals surface area (Å²) in [5.41, 5.74) is 0.526. The molecule has 1 fully saturated rings. The number of aryl methyl sites for hydroxylation is 1. The Kier molecular flexibility index (Phi) is 5.44. The fourth-order valence-electron chi connectivity index (χ4n) is 2.39. The maximum absolute atomic E-state index is 11.6. The Morgan fingerprint density at radius 3 is 2.86 bits per heavy atom. The maximum atomic E-state index is 11.6. The van der Waals surface area contributed by atoms with Gasteiger partial charge < -0.3 is 20.5 Å². The molecular weight excluding hydrogens is 268 g/mol. The third kappa shape index (κ3) is 4.93. The summed E-state index contributed by atoms with van der Waals surface area (Å²) in [7, 11) is 1.65. The van der Waals surface area contributed by atoms with E-state index in [-0.39, 0.29) is 6.03 Å². The Morgan fingerprint density at radius 2 is 2.19 bits per heavy atom. The highest BCUT2D eigenvalue weighted by molar-refractivity contribution is 5.73. The van der Waals surface area contributed by atoms with Crippen molar-refractivity contribution in [1.82, 2.24) is 10.6 Å². The van der Waals surface area contributed by atoms with Crippen molar-refractivity contribution in [3.05, 3.63) is 29.8 Å². The summed E-state index contributed by atoms with van der Waals surface area (Å²) in [6.07, 6.45) is 4.36. The molecule has 3 N–H and O–H groups in total. The van der Waals surface area contributed by atoms with E-state index >= 15 is 0 Å². The molecule has 5 nitrogen and oxygen atoms in total. The van der Waals surface area contributed by atoms with Crippen LogP contribution in [0.2, 0.25) is 0 Å². The fraction of sp³-hybridized carbons (Fsp3) is 0.562. The number of benzene rings is 1. The van der Waals surface area contributed by atoms with Crippen LogP contribution in [0.4, 0.5) is 4.79 Å². The largest absolute Gasteiger partial charge is 0.497 e. The van der Waals surface area contributed by atoms with Crippen molar-refractivity contribution >= 4 is 6.03 Å². The van der Waals surface area contributed by atoms with Gasteiger partial charge in [0, 0.05) is 13.1 Å². The Labute approximate surface area is 125 Å². The molecule has 1 aromatic carbocycles. The van der Waals surface area contributed by atoms with Gasteiger partial charge in [-0.15, -0.1) is 0 Å². The fourth-order valence-corrected chi connectivity index (χ4v) is 2.39. The zero-order valence-corrected chi connectivity index (χ0v) is 12.5. The Balaban J connectivity index is 1.59. The molecule has 0 atom stereocenters. The summed E-state index contributed by atoms with van der Waals surface area (Å²) in [4.78, 5) is 11.6. The lowest BCUT2D eigenvalue weighted by atomic mass is 9.80. The molecule has 1 saturated carbocycles. The molecule has 0 aromatic heterocycles. The second kappa shape index (κ2) is 7.31. The normalized spacial score (nSPS) is 15.9. The van der Waals surface area contributed by atoms with Gasteiger partial charge in [-0.2, -0.15) is 0 Å². The molecule has 5 heteroatoms. The molecule has 2 rings (SSSR count). The predicted octanol–water partition coefficient (Wildman–Crippen LogP) is 1.84. The Bertz CT molecular complexity index is 472. The average molecular weight is 292 g/mol. The van der Waals surface area contributed by atoms with Crippen molar-refractivity contribution in [3.63, 3.8) is 0 Å². The zero-order valence-electron chi connectivity index (χ0n) is 12.5. The summed E-state index contributed by atoms with van der Waals surface area (Å²) in [6, 6.07) is 7.73. The van der Waals surface area contributed by atoms with Gasteiger partial charge in [-0.25, -0.2) is 4.79 Å². The average Bonchev–Trinajstić information content (AvgIpc) is 2.48. The highest BCUT2D eigenvalue weighted by Crippen LogP contribution is 2.30. The van der Waals surface area contributed by atoms with Gasteiger partial charge in [-0.1, -0.05) is 12.1 Å². The van der Waals surface area contributed by atoms with E-state index in [0.29, 0.717) is 13.1 Å². The van der Waals surface area contributed by atoms with E-state index in [1.54, 1.807) is 7.11 Å². The topological polar surface area (TPSA) is 70.6 Å². The number of ether oxygens (including phenoxy) is 1. The minimum Gasteiger partial charge on any atom is -0.497 e. The second-order valence-corrected chi connectivity index (χ2v) is 5.64. The first-order valence-corrected chi connectivity index (χ1v) is 7.48. The van der Waals surface area contributed by atoms with Crippen LogP contribution in [0.15, 0.2) is 24.3 Å². The molecule has 21 heavy (non-hydrogen) atoms. The number of carbonyl (C=O) groups is 1. The van der Waals surface area contributed by atoms with Gasteiger partial charge in [0.15, 0.2) is 0 Å². The Hall–Kier alpha value is -1.75. The number of hydrogen-bond donors (Lipinski definition) is 3. The molecule has 1 aliphatic rings. The van der Waals surface area contributed by atoms with Crippen molar-refractivity contribution in [3.8, 4) is 5.75 Å². The van der Waals surface area contributed by atoms with Crippen LogP contribution < -0.4 is 15.4 Å². The van der Waals surface area contributed by atoms with E-state index in [2.05, 4.69) is 16.7 Å². The molecule has 1 aromatic rings. The minimum atomic E-state index is -0.669. The molecule has 0 aliphatic heterocycles. The van der Waals surface area contributed by atoms with E-state index in [1.807, 2.05) is 18.2 Å². The number of methoxy groups -OCH3 is 1. The molecule has 0 spiro atoms. The van der Waals surface area contributed by atoms with Crippen molar-refractivity contribution in [1.29, 1.82) is 0 Å². The standard InChI is InChI=1S/C16H24N2O3/c1-21-14-7-2-5-13(11-14)6-3-10-17-15(19)18-12-16(20)8-4-9-16/h2,5,7,11,20H,3-4,6,8-10,12H2,1H3,(H2,17,18,19). The summed E-state index contributed by atoms with van der Waals surface area (Å²) in [5, 5.41) is 15.4. The van der Waals surface area contributed by atoms with Crippen LogP contribution in [0.25, 0.3) is 0 Å². The molecule has 1 aliphatic carbocycles. The molecule has 116 valence electrons. The first-order valence-electron chi connectivity index (χ1n) is 7.48.